The highest BCUT2D eigenvalue weighted by Gasteiger charge is 2.33. The van der Waals surface area contributed by atoms with Crippen molar-refractivity contribution in [3.8, 4) is 11.3 Å². The molecule has 4 heterocycles. The van der Waals surface area contributed by atoms with Gasteiger partial charge in [0.1, 0.15) is 17.5 Å². The van der Waals surface area contributed by atoms with Crippen molar-refractivity contribution in [2.45, 2.75) is 18.5 Å². The van der Waals surface area contributed by atoms with Crippen molar-refractivity contribution in [1.29, 1.82) is 0 Å². The number of imidazole rings is 1. The van der Waals surface area contributed by atoms with Crippen molar-refractivity contribution in [2.24, 2.45) is 7.05 Å². The lowest BCUT2D eigenvalue weighted by Gasteiger charge is -2.30. The number of aryl methyl sites for hydroxylation is 1. The molecule has 1 aliphatic rings. The van der Waals surface area contributed by atoms with Gasteiger partial charge in [0.05, 0.1) is 30.2 Å². The van der Waals surface area contributed by atoms with Crippen LogP contribution in [0.4, 0.5) is 8.78 Å². The van der Waals surface area contributed by atoms with E-state index in [1.807, 2.05) is 25.5 Å². The zero-order chi connectivity index (χ0) is 21.8. The summed E-state index contributed by atoms with van der Waals surface area (Å²) in [4.78, 5) is 11.4. The van der Waals surface area contributed by atoms with Crippen LogP contribution in [-0.2, 0) is 13.5 Å². The predicted molar refractivity (Wildman–Crippen MR) is 117 cm³/mol. The Morgan fingerprint density at radius 1 is 1.00 bits per heavy atom. The molecule has 5 aromatic rings. The summed E-state index contributed by atoms with van der Waals surface area (Å²) in [5.41, 5.74) is 5.63. The van der Waals surface area contributed by atoms with Crippen LogP contribution in [-0.4, -0.2) is 24.7 Å². The van der Waals surface area contributed by atoms with Crippen LogP contribution in [0.1, 0.15) is 34.7 Å². The molecule has 2 atom stereocenters. The average molecular weight is 430 g/mol. The highest BCUT2D eigenvalue weighted by molar-refractivity contribution is 5.85. The number of rotatable bonds is 3. The number of benzene rings is 2. The predicted octanol–water partition coefficient (Wildman–Crippen LogP) is 4.55. The number of nitrogens with zero attached hydrogens (tertiary/aromatic N) is 3. The Balaban J connectivity index is 1.43. The molecule has 8 heteroatoms. The number of nitrogens with one attached hydrogen (secondary N) is 3. The fourth-order valence-electron chi connectivity index (χ4n) is 4.58. The van der Waals surface area contributed by atoms with E-state index in [0.29, 0.717) is 6.42 Å². The SMILES string of the molecule is Cn1cc(C2N[C@@H](c3ncc(-c4ccc(F)cc4)[nH]3)Cc3c2[nH]c2cc(F)ccc32)cn1. The van der Waals surface area contributed by atoms with Gasteiger partial charge >= 0.3 is 0 Å². The molecule has 0 bridgehead atoms. The molecule has 3 aromatic heterocycles. The van der Waals surface area contributed by atoms with Crippen LogP contribution in [0, 0.1) is 11.6 Å². The fourth-order valence-corrected chi connectivity index (χ4v) is 4.58. The van der Waals surface area contributed by atoms with E-state index in [1.165, 1.54) is 24.3 Å². The molecule has 0 radical (unpaired) electrons. The third-order valence-corrected chi connectivity index (χ3v) is 6.10. The van der Waals surface area contributed by atoms with Crippen LogP contribution >= 0.6 is 0 Å². The van der Waals surface area contributed by atoms with Crippen LogP contribution < -0.4 is 5.32 Å². The number of fused-ring (bicyclic) bond motifs is 3. The van der Waals surface area contributed by atoms with Crippen molar-refractivity contribution in [2.75, 3.05) is 0 Å². The van der Waals surface area contributed by atoms with E-state index in [1.54, 1.807) is 23.0 Å². The smallest absolute Gasteiger partial charge is 0.125 e. The third-order valence-electron chi connectivity index (χ3n) is 6.10. The quantitative estimate of drug-likeness (QED) is 0.393. The zero-order valence-corrected chi connectivity index (χ0v) is 17.2. The molecule has 32 heavy (non-hydrogen) atoms. The van der Waals surface area contributed by atoms with E-state index < -0.39 is 0 Å². The van der Waals surface area contributed by atoms with Gasteiger partial charge < -0.3 is 9.97 Å². The molecule has 0 amide bonds. The molecule has 0 aliphatic carbocycles. The summed E-state index contributed by atoms with van der Waals surface area (Å²) in [5.74, 6) is 0.249. The number of H-pyrrole nitrogens is 2. The van der Waals surface area contributed by atoms with E-state index in [-0.39, 0.29) is 23.7 Å². The topological polar surface area (TPSA) is 74.3 Å². The highest BCUT2D eigenvalue weighted by Crippen LogP contribution is 2.39. The van der Waals surface area contributed by atoms with Gasteiger partial charge in [-0.15, -0.1) is 0 Å². The Morgan fingerprint density at radius 3 is 2.59 bits per heavy atom. The van der Waals surface area contributed by atoms with Gasteiger partial charge in [-0.05, 0) is 60.0 Å². The van der Waals surface area contributed by atoms with Gasteiger partial charge in [-0.1, -0.05) is 0 Å². The Hall–Kier alpha value is -3.78. The molecule has 6 rings (SSSR count). The Bertz CT molecular complexity index is 1430. The van der Waals surface area contributed by atoms with E-state index >= 15 is 0 Å². The number of aromatic nitrogens is 5. The molecular formula is C24H20F2N6. The minimum absolute atomic E-state index is 0.0917. The van der Waals surface area contributed by atoms with Crippen LogP contribution in [0.2, 0.25) is 0 Å². The summed E-state index contributed by atoms with van der Waals surface area (Å²) in [6.07, 6.45) is 6.27. The molecule has 1 unspecified atom stereocenters. The number of hydrogen-bond donors (Lipinski definition) is 3. The molecule has 0 spiro atoms. The summed E-state index contributed by atoms with van der Waals surface area (Å²) < 4.78 is 28.9. The van der Waals surface area contributed by atoms with Gasteiger partial charge in [0.15, 0.2) is 0 Å². The standard InChI is InChI=1S/C24H20F2N6/c1-32-12-14(10-28-32)22-23-18(17-7-6-16(26)8-19(17)29-23)9-20(30-22)24-27-11-21(31-24)13-2-4-15(25)5-3-13/h2-8,10-12,20,22,29-30H,9H2,1H3,(H,27,31)/t20-,22?/m1/s1. The summed E-state index contributed by atoms with van der Waals surface area (Å²) in [7, 11) is 1.88. The molecule has 6 nitrogen and oxygen atoms in total. The first kappa shape index (κ1) is 18.9. The van der Waals surface area contributed by atoms with Crippen LogP contribution in [0.15, 0.2) is 61.1 Å². The molecule has 160 valence electrons. The second kappa shape index (κ2) is 7.13. The highest BCUT2D eigenvalue weighted by atomic mass is 19.1. The number of halogens is 2. The van der Waals surface area contributed by atoms with E-state index in [4.69, 9.17) is 0 Å². The first-order valence-corrected chi connectivity index (χ1v) is 10.4. The summed E-state index contributed by atoms with van der Waals surface area (Å²) in [5, 5.41) is 9.01. The van der Waals surface area contributed by atoms with E-state index in [9.17, 15) is 8.78 Å². The monoisotopic (exact) mass is 430 g/mol. The van der Waals surface area contributed by atoms with Gasteiger partial charge in [0, 0.05) is 35.4 Å². The maximum atomic E-state index is 13.9. The number of aromatic amines is 2. The third kappa shape index (κ3) is 3.11. The maximum absolute atomic E-state index is 13.9. The van der Waals surface area contributed by atoms with Crippen molar-refractivity contribution < 1.29 is 8.78 Å². The van der Waals surface area contributed by atoms with Gasteiger partial charge in [-0.3, -0.25) is 10.00 Å². The first-order valence-electron chi connectivity index (χ1n) is 10.4. The second-order valence-electron chi connectivity index (χ2n) is 8.20. The average Bonchev–Trinajstić information content (AvgIpc) is 3.51. The lowest BCUT2D eigenvalue weighted by Crippen LogP contribution is -2.34. The molecule has 3 N–H and O–H groups in total. The van der Waals surface area contributed by atoms with Crippen molar-refractivity contribution in [1.82, 2.24) is 30.0 Å². The van der Waals surface area contributed by atoms with Crippen LogP contribution in [0.25, 0.3) is 22.2 Å². The van der Waals surface area contributed by atoms with Gasteiger partial charge in [0.2, 0.25) is 0 Å². The van der Waals surface area contributed by atoms with E-state index in [2.05, 4.69) is 25.4 Å². The van der Waals surface area contributed by atoms with Gasteiger partial charge in [-0.25, -0.2) is 13.8 Å². The molecular weight excluding hydrogens is 410 g/mol. The summed E-state index contributed by atoms with van der Waals surface area (Å²) in [6.45, 7) is 0. The van der Waals surface area contributed by atoms with Crippen LogP contribution in [0.3, 0.4) is 0 Å². The molecule has 0 fully saturated rings. The maximum Gasteiger partial charge on any atom is 0.125 e. The Morgan fingerprint density at radius 2 is 1.81 bits per heavy atom. The molecule has 2 aromatic carbocycles. The normalized spacial score (nSPS) is 18.2. The second-order valence-corrected chi connectivity index (χ2v) is 8.20. The van der Waals surface area contributed by atoms with Gasteiger partial charge in [-0.2, -0.15) is 5.10 Å². The summed E-state index contributed by atoms with van der Waals surface area (Å²) >= 11 is 0. The minimum Gasteiger partial charge on any atom is -0.356 e. The summed E-state index contributed by atoms with van der Waals surface area (Å²) in [6, 6.07) is 10.9. The van der Waals surface area contributed by atoms with Crippen molar-refractivity contribution >= 4 is 10.9 Å². The number of hydrogen-bond acceptors (Lipinski definition) is 3. The molecule has 1 aliphatic heterocycles. The largest absolute Gasteiger partial charge is 0.356 e. The molecule has 0 saturated carbocycles. The minimum atomic E-state index is -0.273. The van der Waals surface area contributed by atoms with Crippen LogP contribution in [0.5, 0.6) is 0 Å². The Labute approximate surface area is 182 Å². The zero-order valence-electron chi connectivity index (χ0n) is 17.2. The molecule has 0 saturated heterocycles. The first-order chi connectivity index (χ1) is 15.5. The van der Waals surface area contributed by atoms with Crippen molar-refractivity contribution in [3.63, 3.8) is 0 Å². The van der Waals surface area contributed by atoms with E-state index in [0.717, 1.165) is 44.8 Å². The van der Waals surface area contributed by atoms with Crippen molar-refractivity contribution in [3.05, 3.63) is 95.3 Å². The fraction of sp³-hybridized carbons (Fsp3) is 0.167. The lowest BCUT2D eigenvalue weighted by molar-refractivity contribution is 0.433. The lowest BCUT2D eigenvalue weighted by atomic mass is 9.91. The van der Waals surface area contributed by atoms with Gasteiger partial charge in [0.25, 0.3) is 0 Å². The Kier molecular flexibility index (Phi) is 4.22.